The Morgan fingerprint density at radius 2 is 2.20 bits per heavy atom. The summed E-state index contributed by atoms with van der Waals surface area (Å²) in [6.07, 6.45) is 6.39. The smallest absolute Gasteiger partial charge is 0.337 e. The highest BCUT2D eigenvalue weighted by Gasteiger charge is 2.05. The molecule has 76 valence electrons. The van der Waals surface area contributed by atoms with Gasteiger partial charge in [-0.2, -0.15) is 5.10 Å². The Hall–Kier alpha value is -2.17. The van der Waals surface area contributed by atoms with E-state index in [1.54, 1.807) is 17.1 Å². The van der Waals surface area contributed by atoms with Crippen LogP contribution in [0.15, 0.2) is 30.9 Å². The summed E-state index contributed by atoms with van der Waals surface area (Å²) >= 11 is 0. The Balaban J connectivity index is 2.45. The Kier molecular flexibility index (Phi) is 2.21. The second-order valence-corrected chi connectivity index (χ2v) is 3.20. The van der Waals surface area contributed by atoms with Crippen LogP contribution in [0.5, 0.6) is 0 Å². The minimum atomic E-state index is -0.992. The summed E-state index contributed by atoms with van der Waals surface area (Å²) in [5, 5.41) is 12.9. The van der Waals surface area contributed by atoms with Crippen molar-refractivity contribution in [1.29, 1.82) is 0 Å². The van der Waals surface area contributed by atoms with Crippen molar-refractivity contribution in [2.24, 2.45) is 0 Å². The molecule has 2 aromatic rings. The van der Waals surface area contributed by atoms with Crippen LogP contribution in [0.3, 0.4) is 0 Å². The number of carbonyl (C=O) groups is 1. The molecule has 2 rings (SSSR count). The molecule has 0 unspecified atom stereocenters. The zero-order chi connectivity index (χ0) is 10.8. The van der Waals surface area contributed by atoms with Gasteiger partial charge in [-0.1, -0.05) is 0 Å². The molecule has 0 saturated carbocycles. The zero-order valence-corrected chi connectivity index (χ0v) is 8.08. The zero-order valence-electron chi connectivity index (χ0n) is 8.08. The molecular formula is C10H9N3O2. The topological polar surface area (TPSA) is 68.0 Å². The van der Waals surface area contributed by atoms with Crippen LogP contribution in [0.1, 0.15) is 15.9 Å². The van der Waals surface area contributed by atoms with Crippen LogP contribution in [0, 0.1) is 6.92 Å². The van der Waals surface area contributed by atoms with Gasteiger partial charge in [0.1, 0.15) is 0 Å². The fourth-order valence-electron chi connectivity index (χ4n) is 1.22. The molecule has 0 spiro atoms. The van der Waals surface area contributed by atoms with Crippen molar-refractivity contribution < 1.29 is 9.90 Å². The predicted molar refractivity (Wildman–Crippen MR) is 53.1 cm³/mol. The lowest BCUT2D eigenvalue weighted by Gasteiger charge is -2.01. The Labute approximate surface area is 86.0 Å². The summed E-state index contributed by atoms with van der Waals surface area (Å²) in [5.74, 6) is -0.992. The molecule has 2 aromatic heterocycles. The lowest BCUT2D eigenvalue weighted by molar-refractivity contribution is 0.0696. The van der Waals surface area contributed by atoms with Crippen molar-refractivity contribution in [2.45, 2.75) is 6.92 Å². The van der Waals surface area contributed by atoms with E-state index in [0.29, 0.717) is 5.69 Å². The summed E-state index contributed by atoms with van der Waals surface area (Å²) in [6, 6.07) is 1.53. The van der Waals surface area contributed by atoms with Crippen LogP contribution in [0.25, 0.3) is 5.69 Å². The maximum Gasteiger partial charge on any atom is 0.337 e. The third-order valence-electron chi connectivity index (χ3n) is 1.95. The van der Waals surface area contributed by atoms with Gasteiger partial charge in [0, 0.05) is 12.4 Å². The molecular weight excluding hydrogens is 194 g/mol. The molecule has 5 nitrogen and oxygen atoms in total. The average Bonchev–Trinajstić information content (AvgIpc) is 2.65. The van der Waals surface area contributed by atoms with Crippen molar-refractivity contribution in [2.75, 3.05) is 0 Å². The van der Waals surface area contributed by atoms with Gasteiger partial charge in [0.15, 0.2) is 0 Å². The molecule has 0 radical (unpaired) electrons. The first-order valence-electron chi connectivity index (χ1n) is 4.37. The van der Waals surface area contributed by atoms with Crippen molar-refractivity contribution in [1.82, 2.24) is 14.8 Å². The van der Waals surface area contributed by atoms with Crippen molar-refractivity contribution in [3.63, 3.8) is 0 Å². The maximum atomic E-state index is 10.7. The quantitative estimate of drug-likeness (QED) is 0.798. The lowest BCUT2D eigenvalue weighted by atomic mass is 10.2. The van der Waals surface area contributed by atoms with E-state index >= 15 is 0 Å². The molecule has 1 N–H and O–H groups in total. The average molecular weight is 203 g/mol. The van der Waals surface area contributed by atoms with Crippen LogP contribution in [0.2, 0.25) is 0 Å². The van der Waals surface area contributed by atoms with Gasteiger partial charge in [-0.25, -0.2) is 9.48 Å². The van der Waals surface area contributed by atoms with Gasteiger partial charge in [-0.15, -0.1) is 0 Å². The Morgan fingerprint density at radius 3 is 2.80 bits per heavy atom. The van der Waals surface area contributed by atoms with Crippen LogP contribution in [-0.2, 0) is 0 Å². The summed E-state index contributed by atoms with van der Waals surface area (Å²) < 4.78 is 1.59. The highest BCUT2D eigenvalue weighted by atomic mass is 16.4. The molecule has 0 aromatic carbocycles. The fourth-order valence-corrected chi connectivity index (χ4v) is 1.22. The molecule has 0 atom stereocenters. The van der Waals surface area contributed by atoms with Gasteiger partial charge in [0.05, 0.1) is 23.6 Å². The first-order valence-corrected chi connectivity index (χ1v) is 4.37. The number of rotatable bonds is 2. The molecule has 0 saturated heterocycles. The first kappa shape index (κ1) is 9.39. The van der Waals surface area contributed by atoms with E-state index in [9.17, 15) is 4.79 Å². The number of nitrogens with zero attached hydrogens (tertiary/aromatic N) is 3. The standard InChI is InChI=1S/C10H9N3O2/c1-7-3-12-13(6-7)9-2-8(10(14)15)4-11-5-9/h2-6H,1H3,(H,14,15). The summed E-state index contributed by atoms with van der Waals surface area (Å²) in [7, 11) is 0. The van der Waals surface area contributed by atoms with Crippen molar-refractivity contribution >= 4 is 5.97 Å². The second kappa shape index (κ2) is 3.53. The van der Waals surface area contributed by atoms with Gasteiger partial charge in [0.25, 0.3) is 0 Å². The van der Waals surface area contributed by atoms with Crippen molar-refractivity contribution in [3.8, 4) is 5.69 Å². The second-order valence-electron chi connectivity index (χ2n) is 3.20. The predicted octanol–water partition coefficient (Wildman–Crippen LogP) is 1.27. The van der Waals surface area contributed by atoms with E-state index in [2.05, 4.69) is 10.1 Å². The number of carboxylic acids is 1. The highest BCUT2D eigenvalue weighted by Crippen LogP contribution is 2.08. The van der Waals surface area contributed by atoms with Crippen LogP contribution < -0.4 is 0 Å². The van der Waals surface area contributed by atoms with E-state index in [1.807, 2.05) is 13.1 Å². The van der Waals surface area contributed by atoms with Gasteiger partial charge in [-0.05, 0) is 18.6 Å². The molecule has 0 amide bonds. The van der Waals surface area contributed by atoms with Crippen LogP contribution in [0.4, 0.5) is 0 Å². The molecule has 0 aliphatic heterocycles. The molecule has 0 bridgehead atoms. The molecule has 0 fully saturated rings. The Morgan fingerprint density at radius 1 is 1.40 bits per heavy atom. The van der Waals surface area contributed by atoms with Crippen LogP contribution >= 0.6 is 0 Å². The molecule has 0 aliphatic rings. The van der Waals surface area contributed by atoms with E-state index in [4.69, 9.17) is 5.11 Å². The van der Waals surface area contributed by atoms with Gasteiger partial charge >= 0.3 is 5.97 Å². The minimum Gasteiger partial charge on any atom is -0.478 e. The van der Waals surface area contributed by atoms with E-state index < -0.39 is 5.97 Å². The normalized spacial score (nSPS) is 10.2. The number of hydrogen-bond acceptors (Lipinski definition) is 3. The lowest BCUT2D eigenvalue weighted by Crippen LogP contribution is -2.01. The summed E-state index contributed by atoms with van der Waals surface area (Å²) in [5.41, 5.74) is 1.80. The summed E-state index contributed by atoms with van der Waals surface area (Å²) in [4.78, 5) is 14.6. The minimum absolute atomic E-state index is 0.153. The number of carboxylic acid groups (broad SMARTS) is 1. The number of aromatic nitrogens is 3. The maximum absolute atomic E-state index is 10.7. The number of aryl methyl sites for hydroxylation is 1. The molecule has 5 heteroatoms. The number of hydrogen-bond donors (Lipinski definition) is 1. The van der Waals surface area contributed by atoms with Gasteiger partial charge in [-0.3, -0.25) is 4.98 Å². The van der Waals surface area contributed by atoms with E-state index in [1.165, 1.54) is 12.3 Å². The van der Waals surface area contributed by atoms with E-state index in [0.717, 1.165) is 5.56 Å². The first-order chi connectivity index (χ1) is 7.16. The Bertz CT molecular complexity index is 505. The molecule has 15 heavy (non-hydrogen) atoms. The van der Waals surface area contributed by atoms with Gasteiger partial charge < -0.3 is 5.11 Å². The third kappa shape index (κ3) is 1.85. The van der Waals surface area contributed by atoms with E-state index in [-0.39, 0.29) is 5.56 Å². The SMILES string of the molecule is Cc1cnn(-c2cncc(C(=O)O)c2)c1. The monoisotopic (exact) mass is 203 g/mol. The third-order valence-corrected chi connectivity index (χ3v) is 1.95. The highest BCUT2D eigenvalue weighted by molar-refractivity contribution is 5.87. The molecule has 0 aliphatic carbocycles. The molecule has 2 heterocycles. The fraction of sp³-hybridized carbons (Fsp3) is 0.100. The van der Waals surface area contributed by atoms with Crippen molar-refractivity contribution in [3.05, 3.63) is 42.0 Å². The summed E-state index contributed by atoms with van der Waals surface area (Å²) in [6.45, 7) is 1.91. The largest absolute Gasteiger partial charge is 0.478 e. The van der Waals surface area contributed by atoms with Gasteiger partial charge in [0.2, 0.25) is 0 Å². The number of aromatic carboxylic acids is 1. The number of pyridine rings is 1. The van der Waals surface area contributed by atoms with Crippen LogP contribution in [-0.4, -0.2) is 25.8 Å².